The van der Waals surface area contributed by atoms with E-state index in [1.807, 2.05) is 0 Å². The highest BCUT2D eigenvalue weighted by atomic mass is 19.4. The summed E-state index contributed by atoms with van der Waals surface area (Å²) >= 11 is 0. The fraction of sp³-hybridized carbons (Fsp3) is 0.391. The molecule has 0 spiro atoms. The van der Waals surface area contributed by atoms with Crippen molar-refractivity contribution >= 4 is 11.8 Å². The zero-order valence-corrected chi connectivity index (χ0v) is 18.3. The minimum atomic E-state index is -5.51. The third-order valence-corrected chi connectivity index (χ3v) is 5.61. The van der Waals surface area contributed by atoms with E-state index >= 15 is 0 Å². The van der Waals surface area contributed by atoms with Crippen LogP contribution in [0.3, 0.4) is 0 Å². The van der Waals surface area contributed by atoms with Crippen molar-refractivity contribution in [2.45, 2.75) is 50.4 Å². The number of amides is 2. The van der Waals surface area contributed by atoms with E-state index in [0.29, 0.717) is 25.0 Å². The Morgan fingerprint density at radius 3 is 2.17 bits per heavy atom. The molecule has 1 saturated heterocycles. The Labute approximate surface area is 199 Å². The number of hydrogen-bond donors (Lipinski definition) is 1. The molecule has 0 aliphatic carbocycles. The van der Waals surface area contributed by atoms with Crippen molar-refractivity contribution in [3.63, 3.8) is 0 Å². The van der Waals surface area contributed by atoms with E-state index in [2.05, 4.69) is 5.32 Å². The first-order chi connectivity index (χ1) is 16.6. The van der Waals surface area contributed by atoms with Gasteiger partial charge in [-0.05, 0) is 49.1 Å². The highest BCUT2D eigenvalue weighted by Gasteiger charge is 2.46. The number of rotatable bonds is 4. The van der Waals surface area contributed by atoms with E-state index in [9.17, 15) is 49.1 Å². The number of carbonyl (C=O) groups excluding carboxylic acids is 2. The molecule has 36 heavy (non-hydrogen) atoms. The summed E-state index contributed by atoms with van der Waals surface area (Å²) in [6.07, 6.45) is -14.8. The van der Waals surface area contributed by atoms with Crippen LogP contribution < -0.4 is 5.32 Å². The molecule has 3 rings (SSSR count). The molecule has 2 amide bonds. The molecule has 1 aliphatic rings. The molecule has 1 fully saturated rings. The maximum Gasteiger partial charge on any atom is 0.417 e. The molecule has 0 radical (unpaired) electrons. The maximum absolute atomic E-state index is 13.5. The molecule has 13 heteroatoms. The first-order valence-electron chi connectivity index (χ1n) is 10.6. The lowest BCUT2D eigenvalue weighted by atomic mass is 9.98. The van der Waals surface area contributed by atoms with Gasteiger partial charge in [0.15, 0.2) is 0 Å². The van der Waals surface area contributed by atoms with Crippen LogP contribution in [0, 0.1) is 0 Å². The van der Waals surface area contributed by atoms with Crippen LogP contribution in [0.1, 0.15) is 51.9 Å². The molecular formula is C23H19F9N2O2. The van der Waals surface area contributed by atoms with Gasteiger partial charge in [0.1, 0.15) is 6.04 Å². The molecule has 2 aromatic carbocycles. The number of carbonyl (C=O) groups is 2. The fourth-order valence-corrected chi connectivity index (χ4v) is 3.98. The van der Waals surface area contributed by atoms with Gasteiger partial charge in [0.2, 0.25) is 5.91 Å². The van der Waals surface area contributed by atoms with E-state index in [4.69, 9.17) is 0 Å². The van der Waals surface area contributed by atoms with Gasteiger partial charge in [-0.2, -0.15) is 39.5 Å². The van der Waals surface area contributed by atoms with Gasteiger partial charge in [-0.1, -0.05) is 18.2 Å². The average Bonchev–Trinajstić information content (AvgIpc) is 2.93. The van der Waals surface area contributed by atoms with Crippen molar-refractivity contribution in [1.29, 1.82) is 0 Å². The zero-order valence-electron chi connectivity index (χ0n) is 18.3. The van der Waals surface area contributed by atoms with Crippen LogP contribution in [0.4, 0.5) is 39.5 Å². The highest BCUT2D eigenvalue weighted by molar-refractivity contribution is 5.99. The molecule has 0 bridgehead atoms. The van der Waals surface area contributed by atoms with Gasteiger partial charge in [-0.25, -0.2) is 0 Å². The lowest BCUT2D eigenvalue weighted by Crippen LogP contribution is -2.47. The van der Waals surface area contributed by atoms with E-state index < -0.39 is 58.6 Å². The predicted molar refractivity (Wildman–Crippen MR) is 108 cm³/mol. The molecular weight excluding hydrogens is 507 g/mol. The van der Waals surface area contributed by atoms with E-state index in [1.54, 1.807) is 0 Å². The summed E-state index contributed by atoms with van der Waals surface area (Å²) in [5, 5.41) is 2.09. The number of alkyl halides is 9. The zero-order chi connectivity index (χ0) is 26.9. The van der Waals surface area contributed by atoms with E-state index in [-0.39, 0.29) is 31.1 Å². The van der Waals surface area contributed by atoms with Crippen molar-refractivity contribution in [3.8, 4) is 0 Å². The van der Waals surface area contributed by atoms with Crippen molar-refractivity contribution in [3.05, 3.63) is 70.3 Å². The van der Waals surface area contributed by atoms with E-state index in [0.717, 1.165) is 23.1 Å². The topological polar surface area (TPSA) is 49.4 Å². The summed E-state index contributed by atoms with van der Waals surface area (Å²) in [5.74, 6) is -2.29. The summed E-state index contributed by atoms with van der Waals surface area (Å²) in [7, 11) is 0. The van der Waals surface area contributed by atoms with Gasteiger partial charge in [-0.3, -0.25) is 9.59 Å². The molecule has 1 N–H and O–H groups in total. The summed E-state index contributed by atoms with van der Waals surface area (Å²) < 4.78 is 119. The number of nitrogens with one attached hydrogen (secondary N) is 1. The van der Waals surface area contributed by atoms with Gasteiger partial charge in [0.25, 0.3) is 5.91 Å². The van der Waals surface area contributed by atoms with Gasteiger partial charge in [-0.15, -0.1) is 0 Å². The maximum atomic E-state index is 13.5. The lowest BCUT2D eigenvalue weighted by Gasteiger charge is -2.26. The number of halogens is 9. The summed E-state index contributed by atoms with van der Waals surface area (Å²) in [6.45, 7) is -0.148. The average molecular weight is 526 g/mol. The smallest absolute Gasteiger partial charge is 0.340 e. The number of likely N-dealkylation sites (tertiary alicyclic amines) is 1. The molecule has 4 nitrogen and oxygen atoms in total. The summed E-state index contributed by atoms with van der Waals surface area (Å²) in [6, 6.07) is 4.28. The van der Waals surface area contributed by atoms with Crippen LogP contribution in [0.2, 0.25) is 0 Å². The standard InChI is InChI=1S/C23H19F9N2O2/c24-21(25,26)14-6-3-5-13(11-14)12-34-10-2-1-9-17(20(34)36)33-19(35)15-7-4-8-16(22(27,28)29)18(15)23(30,31)32/h3-8,11,17H,1-2,9-10,12H2,(H,33,35). The summed E-state index contributed by atoms with van der Waals surface area (Å²) in [4.78, 5) is 26.8. The fourth-order valence-electron chi connectivity index (χ4n) is 3.98. The lowest BCUT2D eigenvalue weighted by molar-refractivity contribution is -0.162. The number of benzene rings is 2. The Bertz CT molecular complexity index is 1120. The van der Waals surface area contributed by atoms with Gasteiger partial charge >= 0.3 is 18.5 Å². The number of nitrogens with zero attached hydrogens (tertiary/aromatic N) is 1. The largest absolute Gasteiger partial charge is 0.417 e. The Morgan fingerprint density at radius 2 is 1.56 bits per heavy atom. The minimum Gasteiger partial charge on any atom is -0.340 e. The molecule has 1 heterocycles. The molecule has 196 valence electrons. The quantitative estimate of drug-likeness (QED) is 0.493. The van der Waals surface area contributed by atoms with Gasteiger partial charge in [0, 0.05) is 13.1 Å². The Kier molecular flexibility index (Phi) is 7.61. The first kappa shape index (κ1) is 27.3. The van der Waals surface area contributed by atoms with E-state index in [1.165, 1.54) is 6.07 Å². The van der Waals surface area contributed by atoms with Crippen molar-refractivity contribution in [2.75, 3.05) is 6.54 Å². The van der Waals surface area contributed by atoms with Crippen molar-refractivity contribution in [2.24, 2.45) is 0 Å². The van der Waals surface area contributed by atoms with Crippen LogP contribution in [0.25, 0.3) is 0 Å². The molecule has 1 atom stereocenters. The van der Waals surface area contributed by atoms with Gasteiger partial charge < -0.3 is 10.2 Å². The van der Waals surface area contributed by atoms with Crippen LogP contribution in [-0.2, 0) is 29.9 Å². The first-order valence-corrected chi connectivity index (χ1v) is 10.6. The monoisotopic (exact) mass is 526 g/mol. The van der Waals surface area contributed by atoms with Crippen LogP contribution in [0.15, 0.2) is 42.5 Å². The van der Waals surface area contributed by atoms with Crippen molar-refractivity contribution < 1.29 is 49.1 Å². The van der Waals surface area contributed by atoms with Crippen LogP contribution in [0.5, 0.6) is 0 Å². The normalized spacial score (nSPS) is 17.6. The Morgan fingerprint density at radius 1 is 0.889 bits per heavy atom. The molecule has 2 aromatic rings. The Balaban J connectivity index is 1.86. The Hall–Kier alpha value is -3.25. The molecule has 1 unspecified atom stereocenters. The van der Waals surface area contributed by atoms with Crippen LogP contribution >= 0.6 is 0 Å². The number of hydrogen-bond acceptors (Lipinski definition) is 2. The van der Waals surface area contributed by atoms with Gasteiger partial charge in [0.05, 0.1) is 22.3 Å². The predicted octanol–water partition coefficient (Wildman–Crippen LogP) is 6.05. The van der Waals surface area contributed by atoms with Crippen LogP contribution in [-0.4, -0.2) is 29.3 Å². The molecule has 0 saturated carbocycles. The molecule has 1 aliphatic heterocycles. The third kappa shape index (κ3) is 6.30. The second-order valence-corrected chi connectivity index (χ2v) is 8.20. The third-order valence-electron chi connectivity index (χ3n) is 5.61. The SMILES string of the molecule is O=C(NC1CCCCN(Cc2cccc(C(F)(F)F)c2)C1=O)c1cccc(C(F)(F)F)c1C(F)(F)F. The summed E-state index contributed by atoms with van der Waals surface area (Å²) in [5.41, 5.74) is -6.30. The van der Waals surface area contributed by atoms with Crippen molar-refractivity contribution in [1.82, 2.24) is 10.2 Å². The minimum absolute atomic E-state index is 0.00994. The highest BCUT2D eigenvalue weighted by Crippen LogP contribution is 2.42. The second-order valence-electron chi connectivity index (χ2n) is 8.20. The second kappa shape index (κ2) is 10.0. The molecule has 0 aromatic heterocycles.